The molecule has 1 aliphatic heterocycles. The molecule has 0 bridgehead atoms. The summed E-state index contributed by atoms with van der Waals surface area (Å²) in [5.41, 5.74) is 2.03. The molecule has 2 aromatic heterocycles. The number of hydrogen-bond donors (Lipinski definition) is 2. The van der Waals surface area contributed by atoms with Crippen LogP contribution in [-0.2, 0) is 11.3 Å². The summed E-state index contributed by atoms with van der Waals surface area (Å²) in [5.74, 6) is -0.262. The van der Waals surface area contributed by atoms with Crippen LogP contribution < -0.4 is 5.32 Å². The molecular weight excluding hydrogens is 320 g/mol. The maximum absolute atomic E-state index is 12.4. The topological polar surface area (TPSA) is 88.1 Å². The summed E-state index contributed by atoms with van der Waals surface area (Å²) in [4.78, 5) is 17.9. The Hall–Kier alpha value is -2.71. The maximum Gasteiger partial charge on any atom is 0.277 e. The number of fused-ring (bicyclic) bond motifs is 1. The van der Waals surface area contributed by atoms with E-state index in [1.807, 2.05) is 24.3 Å². The first-order valence-electron chi connectivity index (χ1n) is 8.37. The molecule has 3 aromatic rings. The first-order chi connectivity index (χ1) is 12.3. The van der Waals surface area contributed by atoms with Gasteiger partial charge in [0.15, 0.2) is 5.69 Å². The van der Waals surface area contributed by atoms with Crippen molar-refractivity contribution in [1.82, 2.24) is 24.9 Å². The van der Waals surface area contributed by atoms with Gasteiger partial charge < -0.3 is 15.0 Å². The number of para-hydroxylation sites is 1. The first kappa shape index (κ1) is 15.8. The zero-order valence-electron chi connectivity index (χ0n) is 13.8. The van der Waals surface area contributed by atoms with Gasteiger partial charge in [0.1, 0.15) is 0 Å². The lowest BCUT2D eigenvalue weighted by Gasteiger charge is -2.26. The Bertz CT molecular complexity index is 865. The molecule has 2 N–H and O–H groups in total. The molecule has 0 radical (unpaired) electrons. The van der Waals surface area contributed by atoms with E-state index in [0.717, 1.165) is 49.4 Å². The van der Waals surface area contributed by atoms with Gasteiger partial charge in [0, 0.05) is 36.7 Å². The molecule has 8 nitrogen and oxygen atoms in total. The number of hydrogen-bond acceptors (Lipinski definition) is 5. The molecule has 4 rings (SSSR count). The van der Waals surface area contributed by atoms with Gasteiger partial charge in [-0.1, -0.05) is 23.4 Å². The van der Waals surface area contributed by atoms with Crippen LogP contribution in [0, 0.1) is 0 Å². The van der Waals surface area contributed by atoms with Crippen molar-refractivity contribution >= 4 is 22.5 Å². The zero-order chi connectivity index (χ0) is 17.1. The summed E-state index contributed by atoms with van der Waals surface area (Å²) in [7, 11) is 0. The third-order valence-corrected chi connectivity index (χ3v) is 4.36. The average molecular weight is 340 g/mol. The van der Waals surface area contributed by atoms with E-state index in [2.05, 4.69) is 25.5 Å². The molecule has 0 spiro atoms. The van der Waals surface area contributed by atoms with Crippen LogP contribution in [0.4, 0.5) is 5.69 Å². The number of amides is 1. The predicted molar refractivity (Wildman–Crippen MR) is 93.5 cm³/mol. The van der Waals surface area contributed by atoms with Gasteiger partial charge >= 0.3 is 0 Å². The quantitative estimate of drug-likeness (QED) is 0.732. The molecule has 8 heteroatoms. The van der Waals surface area contributed by atoms with Crippen molar-refractivity contribution in [3.63, 3.8) is 0 Å². The van der Waals surface area contributed by atoms with Crippen LogP contribution in [0.15, 0.2) is 36.7 Å². The highest BCUT2D eigenvalue weighted by molar-refractivity contribution is 6.07. The van der Waals surface area contributed by atoms with E-state index in [-0.39, 0.29) is 5.91 Å². The molecule has 1 aromatic carbocycles. The van der Waals surface area contributed by atoms with E-state index in [1.165, 1.54) is 0 Å². The van der Waals surface area contributed by atoms with Crippen molar-refractivity contribution in [1.29, 1.82) is 0 Å². The first-order valence-corrected chi connectivity index (χ1v) is 8.37. The summed E-state index contributed by atoms with van der Waals surface area (Å²) < 4.78 is 7.04. The van der Waals surface area contributed by atoms with E-state index in [0.29, 0.717) is 12.2 Å². The summed E-state index contributed by atoms with van der Waals surface area (Å²) in [5, 5.41) is 11.9. The number of morpholine rings is 1. The lowest BCUT2D eigenvalue weighted by molar-refractivity contribution is 0.0359. The van der Waals surface area contributed by atoms with E-state index >= 15 is 0 Å². The number of aromatic amines is 1. The number of nitrogens with one attached hydrogen (secondary N) is 2. The van der Waals surface area contributed by atoms with E-state index < -0.39 is 0 Å². The Kier molecular flexibility index (Phi) is 4.45. The van der Waals surface area contributed by atoms with Crippen molar-refractivity contribution in [2.24, 2.45) is 0 Å². The maximum atomic E-state index is 12.4. The van der Waals surface area contributed by atoms with Gasteiger partial charge in [-0.25, -0.2) is 0 Å². The summed E-state index contributed by atoms with van der Waals surface area (Å²) in [6.07, 6.45) is 3.47. The minimum Gasteiger partial charge on any atom is -0.379 e. The monoisotopic (exact) mass is 340 g/mol. The molecule has 1 fully saturated rings. The van der Waals surface area contributed by atoms with Crippen LogP contribution in [0.1, 0.15) is 10.5 Å². The SMILES string of the molecule is O=C(Nc1c[nH]c2ccccc12)c1cn(CCN2CCOCC2)nn1. The van der Waals surface area contributed by atoms with Crippen LogP contribution in [-0.4, -0.2) is 63.6 Å². The predicted octanol–water partition coefficient (Wildman–Crippen LogP) is 1.34. The molecule has 130 valence electrons. The van der Waals surface area contributed by atoms with Crippen LogP contribution in [0.5, 0.6) is 0 Å². The van der Waals surface area contributed by atoms with Crippen LogP contribution >= 0.6 is 0 Å². The number of anilines is 1. The number of H-pyrrole nitrogens is 1. The second kappa shape index (κ2) is 7.04. The fraction of sp³-hybridized carbons (Fsp3) is 0.353. The number of nitrogens with zero attached hydrogens (tertiary/aromatic N) is 4. The minimum absolute atomic E-state index is 0.262. The molecule has 0 atom stereocenters. The third-order valence-electron chi connectivity index (χ3n) is 4.36. The normalized spacial score (nSPS) is 15.5. The summed E-state index contributed by atoms with van der Waals surface area (Å²) in [6, 6.07) is 7.81. The van der Waals surface area contributed by atoms with E-state index in [9.17, 15) is 4.79 Å². The molecule has 25 heavy (non-hydrogen) atoms. The van der Waals surface area contributed by atoms with Crippen LogP contribution in [0.25, 0.3) is 10.9 Å². The van der Waals surface area contributed by atoms with Gasteiger partial charge in [0.25, 0.3) is 5.91 Å². The number of carbonyl (C=O) groups is 1. The molecule has 1 saturated heterocycles. The zero-order valence-corrected chi connectivity index (χ0v) is 13.8. The van der Waals surface area contributed by atoms with Gasteiger partial charge in [-0.05, 0) is 6.07 Å². The molecule has 1 amide bonds. The Labute approximate surface area is 144 Å². The van der Waals surface area contributed by atoms with Crippen molar-refractivity contribution in [3.05, 3.63) is 42.4 Å². The number of benzene rings is 1. The summed E-state index contributed by atoms with van der Waals surface area (Å²) in [6.45, 7) is 4.99. The van der Waals surface area contributed by atoms with Gasteiger partial charge in [-0.15, -0.1) is 5.10 Å². The standard InChI is InChI=1S/C17H20N6O2/c24-17(19-15-11-18-14-4-2-1-3-13(14)15)16-12-23(21-20-16)6-5-22-7-9-25-10-8-22/h1-4,11-12,18H,5-10H2,(H,19,24). The second-order valence-corrected chi connectivity index (χ2v) is 6.02. The van der Waals surface area contributed by atoms with Gasteiger partial charge in [0.2, 0.25) is 0 Å². The van der Waals surface area contributed by atoms with E-state index in [4.69, 9.17) is 4.74 Å². The van der Waals surface area contributed by atoms with Crippen molar-refractivity contribution < 1.29 is 9.53 Å². The smallest absolute Gasteiger partial charge is 0.277 e. The van der Waals surface area contributed by atoms with Crippen molar-refractivity contribution in [2.75, 3.05) is 38.2 Å². The van der Waals surface area contributed by atoms with E-state index in [1.54, 1.807) is 17.1 Å². The van der Waals surface area contributed by atoms with Gasteiger partial charge in [-0.3, -0.25) is 14.4 Å². The third kappa shape index (κ3) is 3.54. The number of carbonyl (C=O) groups excluding carboxylic acids is 1. The second-order valence-electron chi connectivity index (χ2n) is 6.02. The highest BCUT2D eigenvalue weighted by Gasteiger charge is 2.14. The fourth-order valence-corrected chi connectivity index (χ4v) is 2.94. The Morgan fingerprint density at radius 1 is 1.24 bits per heavy atom. The Balaban J connectivity index is 1.38. The number of rotatable bonds is 5. The minimum atomic E-state index is -0.262. The fourth-order valence-electron chi connectivity index (χ4n) is 2.94. The summed E-state index contributed by atoms with van der Waals surface area (Å²) >= 11 is 0. The van der Waals surface area contributed by atoms with Gasteiger partial charge in [0.05, 0.1) is 31.6 Å². The highest BCUT2D eigenvalue weighted by atomic mass is 16.5. The molecule has 0 saturated carbocycles. The lowest BCUT2D eigenvalue weighted by Crippen LogP contribution is -2.38. The van der Waals surface area contributed by atoms with Crippen LogP contribution in [0.2, 0.25) is 0 Å². The van der Waals surface area contributed by atoms with Gasteiger partial charge in [-0.2, -0.15) is 0 Å². The van der Waals surface area contributed by atoms with Crippen molar-refractivity contribution in [2.45, 2.75) is 6.54 Å². The number of ether oxygens (including phenoxy) is 1. The average Bonchev–Trinajstić information content (AvgIpc) is 3.29. The number of aromatic nitrogens is 4. The molecule has 3 heterocycles. The van der Waals surface area contributed by atoms with Crippen LogP contribution in [0.3, 0.4) is 0 Å². The van der Waals surface area contributed by atoms with Crippen molar-refractivity contribution in [3.8, 4) is 0 Å². The Morgan fingerprint density at radius 3 is 2.96 bits per heavy atom. The highest BCUT2D eigenvalue weighted by Crippen LogP contribution is 2.22. The molecule has 1 aliphatic rings. The molecular formula is C17H20N6O2. The lowest BCUT2D eigenvalue weighted by atomic mass is 10.2. The molecule has 0 unspecified atom stereocenters. The Morgan fingerprint density at radius 2 is 2.08 bits per heavy atom. The molecule has 0 aliphatic carbocycles. The largest absolute Gasteiger partial charge is 0.379 e.